The van der Waals surface area contributed by atoms with Crippen LogP contribution in [0.25, 0.3) is 0 Å². The highest BCUT2D eigenvalue weighted by Crippen LogP contribution is 2.29. The second-order valence-corrected chi connectivity index (χ2v) is 9.14. The van der Waals surface area contributed by atoms with Gasteiger partial charge in [0, 0.05) is 18.7 Å². The molecule has 1 aromatic heterocycles. The van der Waals surface area contributed by atoms with Gasteiger partial charge in [0.2, 0.25) is 0 Å². The van der Waals surface area contributed by atoms with Gasteiger partial charge in [-0.05, 0) is 18.9 Å². The smallest absolute Gasteiger partial charge is 0.414 e. The minimum Gasteiger partial charge on any atom is -0.473 e. The Morgan fingerprint density at radius 2 is 1.83 bits per heavy atom. The van der Waals surface area contributed by atoms with Crippen LogP contribution in [-0.2, 0) is 32.5 Å². The first kappa shape index (κ1) is 22.9. The van der Waals surface area contributed by atoms with Crippen LogP contribution in [0.15, 0.2) is 30.3 Å². The number of carboxylic acids is 2. The molecular weight excluding hydrogens is 422 g/mol. The summed E-state index contributed by atoms with van der Waals surface area (Å²) in [5.74, 6) is -3.30. The molecule has 0 bridgehead atoms. The van der Waals surface area contributed by atoms with Crippen LogP contribution in [-0.4, -0.2) is 51.9 Å². The summed E-state index contributed by atoms with van der Waals surface area (Å²) in [7, 11) is -2.95. The van der Waals surface area contributed by atoms with Crippen molar-refractivity contribution in [2.45, 2.75) is 32.5 Å². The van der Waals surface area contributed by atoms with Crippen molar-refractivity contribution in [3.05, 3.63) is 52.3 Å². The Kier molecular flexibility index (Phi) is 7.77. The van der Waals surface area contributed by atoms with E-state index in [9.17, 15) is 8.42 Å². The van der Waals surface area contributed by atoms with Crippen molar-refractivity contribution in [3.63, 3.8) is 0 Å². The lowest BCUT2D eigenvalue weighted by Crippen LogP contribution is -2.14. The van der Waals surface area contributed by atoms with E-state index < -0.39 is 21.8 Å². The number of rotatable bonds is 5. The predicted octanol–water partition coefficient (Wildman–Crippen LogP) is 1.65. The molecule has 0 saturated carbocycles. The van der Waals surface area contributed by atoms with Gasteiger partial charge in [0.15, 0.2) is 9.84 Å². The summed E-state index contributed by atoms with van der Waals surface area (Å²) < 4.78 is 25.0. The minimum atomic E-state index is -2.95. The van der Waals surface area contributed by atoms with E-state index in [-0.39, 0.29) is 17.5 Å². The molecule has 1 atom stereocenters. The first-order valence-corrected chi connectivity index (χ1v) is 11.0. The standard InChI is InChI=1S/C16H20ClN3O2S.C2H2O4/c1-12-15(10-18-9-13-5-3-2-4-6-13)16(17)20(19-12)14-7-8-23(21,22)11-14;3-1(4)2(5)6/h2-6,14,18H,7-11H2,1H3;(H,3,4)(H,5,6). The number of carbonyl (C=O) groups is 2. The molecule has 0 radical (unpaired) electrons. The summed E-state index contributed by atoms with van der Waals surface area (Å²) in [6.45, 7) is 3.27. The highest BCUT2D eigenvalue weighted by atomic mass is 35.5. The number of aliphatic carboxylic acids is 2. The second-order valence-electron chi connectivity index (χ2n) is 6.56. The third kappa shape index (κ3) is 6.55. The van der Waals surface area contributed by atoms with Crippen LogP contribution in [0.3, 0.4) is 0 Å². The Bertz CT molecular complexity index is 963. The SMILES string of the molecule is Cc1nn(C2CCS(=O)(=O)C2)c(Cl)c1CNCc1ccccc1.O=C(O)C(=O)O. The van der Waals surface area contributed by atoms with Gasteiger partial charge in [-0.15, -0.1) is 0 Å². The monoisotopic (exact) mass is 443 g/mol. The van der Waals surface area contributed by atoms with E-state index in [1.165, 1.54) is 5.56 Å². The molecule has 1 aliphatic heterocycles. The van der Waals surface area contributed by atoms with Crippen LogP contribution in [0.4, 0.5) is 0 Å². The summed E-state index contributed by atoms with van der Waals surface area (Å²) >= 11 is 6.45. The summed E-state index contributed by atoms with van der Waals surface area (Å²) in [6, 6.07) is 9.99. The van der Waals surface area contributed by atoms with E-state index in [2.05, 4.69) is 22.5 Å². The van der Waals surface area contributed by atoms with Gasteiger partial charge >= 0.3 is 11.9 Å². The van der Waals surface area contributed by atoms with E-state index in [0.29, 0.717) is 18.1 Å². The molecule has 1 aliphatic rings. The van der Waals surface area contributed by atoms with Gasteiger partial charge in [0.25, 0.3) is 0 Å². The van der Waals surface area contributed by atoms with Crippen molar-refractivity contribution >= 4 is 33.4 Å². The van der Waals surface area contributed by atoms with E-state index in [1.807, 2.05) is 25.1 Å². The topological polar surface area (TPSA) is 139 Å². The fourth-order valence-electron chi connectivity index (χ4n) is 2.89. The Hall–Kier alpha value is -2.43. The van der Waals surface area contributed by atoms with Crippen molar-refractivity contribution in [1.29, 1.82) is 0 Å². The van der Waals surface area contributed by atoms with Gasteiger partial charge in [0.1, 0.15) is 5.15 Å². The number of carboxylic acid groups (broad SMARTS) is 2. The number of aromatic nitrogens is 2. The molecule has 0 amide bonds. The van der Waals surface area contributed by atoms with E-state index in [4.69, 9.17) is 31.4 Å². The summed E-state index contributed by atoms with van der Waals surface area (Å²) in [5.41, 5.74) is 2.99. The van der Waals surface area contributed by atoms with Gasteiger partial charge in [-0.1, -0.05) is 41.9 Å². The Morgan fingerprint density at radius 1 is 1.21 bits per heavy atom. The number of halogens is 1. The van der Waals surface area contributed by atoms with Crippen LogP contribution in [0.5, 0.6) is 0 Å². The maximum atomic E-state index is 11.6. The lowest BCUT2D eigenvalue weighted by Gasteiger charge is -2.10. The molecule has 0 aliphatic carbocycles. The first-order chi connectivity index (χ1) is 13.6. The fraction of sp³-hybridized carbons (Fsp3) is 0.389. The summed E-state index contributed by atoms with van der Waals surface area (Å²) in [6.07, 6.45) is 0.583. The zero-order valence-electron chi connectivity index (χ0n) is 15.7. The minimum absolute atomic E-state index is 0.130. The summed E-state index contributed by atoms with van der Waals surface area (Å²) in [5, 5.41) is 23.2. The van der Waals surface area contributed by atoms with Crippen LogP contribution in [0.1, 0.15) is 29.3 Å². The molecule has 11 heteroatoms. The first-order valence-electron chi connectivity index (χ1n) is 8.75. The highest BCUT2D eigenvalue weighted by molar-refractivity contribution is 7.91. The molecule has 3 rings (SSSR count). The lowest BCUT2D eigenvalue weighted by atomic mass is 10.2. The number of sulfone groups is 1. The van der Waals surface area contributed by atoms with Crippen LogP contribution in [0, 0.1) is 6.92 Å². The number of nitrogens with zero attached hydrogens (tertiary/aromatic N) is 2. The quantitative estimate of drug-likeness (QED) is 0.593. The number of aryl methyl sites for hydroxylation is 1. The third-order valence-electron chi connectivity index (χ3n) is 4.36. The number of hydrogen-bond donors (Lipinski definition) is 3. The number of hydrogen-bond acceptors (Lipinski definition) is 6. The van der Waals surface area contributed by atoms with Gasteiger partial charge in [-0.25, -0.2) is 22.7 Å². The largest absolute Gasteiger partial charge is 0.473 e. The molecule has 2 aromatic rings. The molecule has 9 nitrogen and oxygen atoms in total. The van der Waals surface area contributed by atoms with Crippen molar-refractivity contribution in [2.75, 3.05) is 11.5 Å². The van der Waals surface area contributed by atoms with Crippen LogP contribution >= 0.6 is 11.6 Å². The highest BCUT2D eigenvalue weighted by Gasteiger charge is 2.31. The van der Waals surface area contributed by atoms with E-state index in [0.717, 1.165) is 17.8 Å². The van der Waals surface area contributed by atoms with Gasteiger partial charge < -0.3 is 15.5 Å². The number of benzene rings is 1. The van der Waals surface area contributed by atoms with Crippen LogP contribution in [0.2, 0.25) is 5.15 Å². The molecular formula is C18H22ClN3O6S. The lowest BCUT2D eigenvalue weighted by molar-refractivity contribution is -0.159. The summed E-state index contributed by atoms with van der Waals surface area (Å²) in [4.78, 5) is 18.2. The second kappa shape index (κ2) is 9.86. The van der Waals surface area contributed by atoms with E-state index >= 15 is 0 Å². The van der Waals surface area contributed by atoms with Gasteiger partial charge in [0.05, 0.1) is 23.2 Å². The van der Waals surface area contributed by atoms with Gasteiger partial charge in [-0.3, -0.25) is 0 Å². The van der Waals surface area contributed by atoms with Crippen LogP contribution < -0.4 is 5.32 Å². The predicted molar refractivity (Wildman–Crippen MR) is 107 cm³/mol. The van der Waals surface area contributed by atoms with Crippen molar-refractivity contribution in [1.82, 2.24) is 15.1 Å². The molecule has 2 heterocycles. The number of nitrogens with one attached hydrogen (secondary N) is 1. The van der Waals surface area contributed by atoms with Gasteiger partial charge in [-0.2, -0.15) is 5.10 Å². The molecule has 3 N–H and O–H groups in total. The third-order valence-corrected chi connectivity index (χ3v) is 6.51. The molecule has 1 fully saturated rings. The Morgan fingerprint density at radius 3 is 2.34 bits per heavy atom. The zero-order valence-corrected chi connectivity index (χ0v) is 17.3. The maximum Gasteiger partial charge on any atom is 0.414 e. The molecule has 1 aromatic carbocycles. The van der Waals surface area contributed by atoms with E-state index in [1.54, 1.807) is 4.68 Å². The molecule has 1 unspecified atom stereocenters. The zero-order chi connectivity index (χ0) is 21.6. The Labute approximate surface area is 173 Å². The fourth-order valence-corrected chi connectivity index (χ4v) is 4.96. The molecule has 158 valence electrons. The average Bonchev–Trinajstić information content (AvgIpc) is 3.16. The molecule has 29 heavy (non-hydrogen) atoms. The molecule has 1 saturated heterocycles. The molecule has 0 spiro atoms. The van der Waals surface area contributed by atoms with Crippen molar-refractivity contribution in [3.8, 4) is 0 Å². The van der Waals surface area contributed by atoms with Crippen molar-refractivity contribution in [2.24, 2.45) is 0 Å². The maximum absolute atomic E-state index is 11.6. The van der Waals surface area contributed by atoms with Crippen molar-refractivity contribution < 1.29 is 28.2 Å². The normalized spacial score (nSPS) is 17.4. The average molecular weight is 444 g/mol. The Balaban J connectivity index is 0.000000438.